The Kier molecular flexibility index (Phi) is 18.6. The number of aromatic nitrogens is 2. The number of esters is 6. The molecule has 1 saturated heterocycles. The summed E-state index contributed by atoms with van der Waals surface area (Å²) >= 11 is 0.910. The Labute approximate surface area is 335 Å². The van der Waals surface area contributed by atoms with Crippen molar-refractivity contribution < 1.29 is 76.2 Å². The van der Waals surface area contributed by atoms with Crippen molar-refractivity contribution in [3.63, 3.8) is 0 Å². The Bertz CT molecular complexity index is 1590. The van der Waals surface area contributed by atoms with Gasteiger partial charge in [0.25, 0.3) is 11.8 Å². The number of ether oxygens (including phenoxy) is 9. The standard InChI is InChI=1S/C36H54N4O16S/c1-19(2)50-21(4)31(43)52-20(3)30(42)40(36(10,11)12)17-27(18-49-29-28(37-57-38-29)39-13-15-48-16-14-39)56-35(47)25(8)55-34(46)24(7)54-33(45)23(6)53-32(44)22(5)51-26(9)41/h20-25,27H,1,13-18H2,2-12H3/t20?,21?,22?,23?,24?,25?,27-/m0/s1. The Hall–Kier alpha value is -5.05. The minimum absolute atomic E-state index is 0.154. The molecule has 1 aliphatic rings. The van der Waals surface area contributed by atoms with Gasteiger partial charge in [0, 0.05) is 25.6 Å². The molecule has 1 aromatic heterocycles. The van der Waals surface area contributed by atoms with Crippen molar-refractivity contribution in [3.05, 3.63) is 12.3 Å². The van der Waals surface area contributed by atoms with Crippen LogP contribution in [0.25, 0.3) is 0 Å². The Morgan fingerprint density at radius 2 is 1.14 bits per heavy atom. The zero-order valence-electron chi connectivity index (χ0n) is 34.2. The summed E-state index contributed by atoms with van der Waals surface area (Å²) < 4.78 is 56.4. The van der Waals surface area contributed by atoms with Gasteiger partial charge in [-0.3, -0.25) is 9.59 Å². The highest BCUT2D eigenvalue weighted by atomic mass is 32.1. The van der Waals surface area contributed by atoms with Crippen molar-refractivity contribution in [2.24, 2.45) is 0 Å². The normalized spacial score (nSPS) is 16.5. The van der Waals surface area contributed by atoms with E-state index in [1.54, 1.807) is 27.7 Å². The first kappa shape index (κ1) is 48.1. The molecule has 320 valence electrons. The molecule has 0 bridgehead atoms. The maximum Gasteiger partial charge on any atom is 0.347 e. The number of carbonyl (C=O) groups is 7. The summed E-state index contributed by atoms with van der Waals surface area (Å²) in [6.45, 7) is 20.5. The van der Waals surface area contributed by atoms with E-state index in [9.17, 15) is 33.6 Å². The lowest BCUT2D eigenvalue weighted by Gasteiger charge is -2.39. The lowest BCUT2D eigenvalue weighted by Crippen LogP contribution is -2.54. The molecule has 1 aromatic rings. The van der Waals surface area contributed by atoms with Gasteiger partial charge in [-0.15, -0.1) is 4.37 Å². The van der Waals surface area contributed by atoms with Gasteiger partial charge in [0.15, 0.2) is 42.7 Å². The second kappa shape index (κ2) is 22.0. The molecule has 1 amide bonds. The van der Waals surface area contributed by atoms with E-state index < -0.39 is 90.0 Å². The van der Waals surface area contributed by atoms with Crippen molar-refractivity contribution in [1.29, 1.82) is 0 Å². The number of carbonyl (C=O) groups excluding carboxylic acids is 7. The summed E-state index contributed by atoms with van der Waals surface area (Å²) in [6, 6.07) is 0. The van der Waals surface area contributed by atoms with E-state index in [0.717, 1.165) is 18.7 Å². The molecule has 6 unspecified atom stereocenters. The van der Waals surface area contributed by atoms with E-state index in [4.69, 9.17) is 42.6 Å². The summed E-state index contributed by atoms with van der Waals surface area (Å²) in [7, 11) is 0. The van der Waals surface area contributed by atoms with Gasteiger partial charge in [-0.1, -0.05) is 6.58 Å². The van der Waals surface area contributed by atoms with E-state index in [2.05, 4.69) is 15.3 Å². The average Bonchev–Trinajstić information content (AvgIpc) is 3.60. The first-order chi connectivity index (χ1) is 26.5. The highest BCUT2D eigenvalue weighted by Gasteiger charge is 2.37. The molecule has 7 atom stereocenters. The van der Waals surface area contributed by atoms with Crippen LogP contribution in [0.1, 0.15) is 76.2 Å². The van der Waals surface area contributed by atoms with Crippen LogP contribution in [0.15, 0.2) is 12.3 Å². The molecule has 0 saturated carbocycles. The van der Waals surface area contributed by atoms with Crippen LogP contribution in [0.5, 0.6) is 5.88 Å². The molecular formula is C36H54N4O16S. The van der Waals surface area contributed by atoms with Gasteiger partial charge in [-0.05, 0) is 69.2 Å². The molecule has 2 heterocycles. The minimum Gasteiger partial charge on any atom is -0.484 e. The van der Waals surface area contributed by atoms with Gasteiger partial charge >= 0.3 is 35.8 Å². The predicted octanol–water partition coefficient (Wildman–Crippen LogP) is 1.91. The van der Waals surface area contributed by atoms with Crippen LogP contribution < -0.4 is 9.64 Å². The molecule has 1 aliphatic heterocycles. The smallest absolute Gasteiger partial charge is 0.347 e. The summed E-state index contributed by atoms with van der Waals surface area (Å²) in [5.41, 5.74) is -0.912. The number of amides is 1. The van der Waals surface area contributed by atoms with Crippen LogP contribution in [-0.2, 0) is 71.5 Å². The minimum atomic E-state index is -1.56. The number of anilines is 1. The van der Waals surface area contributed by atoms with Crippen LogP contribution in [0, 0.1) is 0 Å². The lowest BCUT2D eigenvalue weighted by atomic mass is 10.0. The fourth-order valence-electron chi connectivity index (χ4n) is 4.83. The van der Waals surface area contributed by atoms with Crippen molar-refractivity contribution in [1.82, 2.24) is 13.6 Å². The van der Waals surface area contributed by atoms with Crippen molar-refractivity contribution in [2.75, 3.05) is 44.4 Å². The highest BCUT2D eigenvalue weighted by Crippen LogP contribution is 2.27. The van der Waals surface area contributed by atoms with Gasteiger partial charge in [0.05, 0.1) is 37.2 Å². The number of hydrogen-bond donors (Lipinski definition) is 0. The SMILES string of the molecule is C=C(C)OC(C)C(=O)OC(C)C(=O)N(C[C@@H](COc1nsnc1N1CCOCC1)OC(=O)C(C)OC(=O)C(C)OC(=O)C(C)OC(=O)C(C)OC(C)=O)C(C)(C)C. The second-order valence-electron chi connectivity index (χ2n) is 14.0. The first-order valence-corrected chi connectivity index (χ1v) is 18.9. The zero-order chi connectivity index (χ0) is 43.2. The fraction of sp³-hybridized carbons (Fsp3) is 0.694. The number of hydrogen-bond acceptors (Lipinski definition) is 20. The predicted molar refractivity (Wildman–Crippen MR) is 199 cm³/mol. The monoisotopic (exact) mass is 830 g/mol. The molecule has 57 heavy (non-hydrogen) atoms. The van der Waals surface area contributed by atoms with Crippen LogP contribution in [0.2, 0.25) is 0 Å². The number of rotatable bonds is 20. The molecule has 0 radical (unpaired) electrons. The summed E-state index contributed by atoms with van der Waals surface area (Å²) in [4.78, 5) is 91.7. The van der Waals surface area contributed by atoms with Gasteiger partial charge in [-0.25, -0.2) is 24.0 Å². The quantitative estimate of drug-likeness (QED) is 0.104. The third kappa shape index (κ3) is 15.8. The zero-order valence-corrected chi connectivity index (χ0v) is 35.0. The topological polar surface area (TPSA) is 235 Å². The maximum absolute atomic E-state index is 13.8. The van der Waals surface area contributed by atoms with Gasteiger partial charge in [0.2, 0.25) is 5.82 Å². The maximum atomic E-state index is 13.8. The van der Waals surface area contributed by atoms with Crippen LogP contribution in [0.4, 0.5) is 5.82 Å². The number of nitrogens with zero attached hydrogens (tertiary/aromatic N) is 4. The van der Waals surface area contributed by atoms with E-state index >= 15 is 0 Å². The van der Waals surface area contributed by atoms with Crippen molar-refractivity contribution in [3.8, 4) is 5.88 Å². The molecule has 21 heteroatoms. The molecule has 1 fully saturated rings. The van der Waals surface area contributed by atoms with Crippen LogP contribution in [-0.4, -0.2) is 143 Å². The number of allylic oxidation sites excluding steroid dienone is 1. The molecule has 2 rings (SSSR count). The highest BCUT2D eigenvalue weighted by molar-refractivity contribution is 6.99. The number of morpholine rings is 1. The lowest BCUT2D eigenvalue weighted by molar-refractivity contribution is -0.186. The Morgan fingerprint density at radius 1 is 0.702 bits per heavy atom. The second-order valence-corrected chi connectivity index (χ2v) is 14.5. The average molecular weight is 831 g/mol. The van der Waals surface area contributed by atoms with Crippen LogP contribution >= 0.6 is 11.7 Å². The summed E-state index contributed by atoms with van der Waals surface area (Å²) in [6.07, 6.45) is -9.43. The third-order valence-electron chi connectivity index (χ3n) is 7.80. The fourth-order valence-corrected chi connectivity index (χ4v) is 5.35. The van der Waals surface area contributed by atoms with E-state index in [1.807, 2.05) is 4.90 Å². The van der Waals surface area contributed by atoms with Gasteiger partial charge in [0.1, 0.15) is 6.61 Å². The molecule has 0 aromatic carbocycles. The first-order valence-electron chi connectivity index (χ1n) is 18.1. The van der Waals surface area contributed by atoms with Crippen molar-refractivity contribution in [2.45, 2.75) is 124 Å². The van der Waals surface area contributed by atoms with E-state index in [-0.39, 0.29) is 24.8 Å². The molecule has 0 aliphatic carbocycles. The van der Waals surface area contributed by atoms with Gasteiger partial charge < -0.3 is 52.4 Å². The summed E-state index contributed by atoms with van der Waals surface area (Å²) in [5, 5.41) is 0. The third-order valence-corrected chi connectivity index (χ3v) is 8.31. The molecule has 0 spiro atoms. The van der Waals surface area contributed by atoms with E-state index in [1.165, 1.54) is 46.4 Å². The molecule has 0 N–H and O–H groups in total. The largest absolute Gasteiger partial charge is 0.484 e. The molecular weight excluding hydrogens is 776 g/mol. The van der Waals surface area contributed by atoms with Gasteiger partial charge in [-0.2, -0.15) is 4.37 Å². The van der Waals surface area contributed by atoms with E-state index in [0.29, 0.717) is 32.1 Å². The van der Waals surface area contributed by atoms with Crippen LogP contribution in [0.3, 0.4) is 0 Å². The Balaban J connectivity index is 2.22. The summed E-state index contributed by atoms with van der Waals surface area (Å²) in [5.74, 6) is -5.59. The molecule has 20 nitrogen and oxygen atoms in total. The van der Waals surface area contributed by atoms with Crippen molar-refractivity contribution >= 4 is 59.3 Å². The Morgan fingerprint density at radius 3 is 1.60 bits per heavy atom.